The third-order valence-electron chi connectivity index (χ3n) is 1.53. The van der Waals surface area contributed by atoms with Crippen molar-refractivity contribution < 1.29 is 10.2 Å². The maximum atomic E-state index is 9.52. The Kier molecular flexibility index (Phi) is 4.04. The molecular formula is C8H8I2O2. The molecule has 0 amide bonds. The fourth-order valence-corrected chi connectivity index (χ4v) is 2.60. The quantitative estimate of drug-likeness (QED) is 0.761. The molecule has 4 heteroatoms. The highest BCUT2D eigenvalue weighted by Crippen LogP contribution is 2.28. The zero-order valence-corrected chi connectivity index (χ0v) is 10.5. The van der Waals surface area contributed by atoms with Crippen LogP contribution in [-0.2, 0) is 6.42 Å². The number of phenols is 1. The van der Waals surface area contributed by atoms with Crippen molar-refractivity contribution in [2.75, 3.05) is 6.61 Å². The van der Waals surface area contributed by atoms with Gasteiger partial charge in [0.15, 0.2) is 0 Å². The Morgan fingerprint density at radius 1 is 1.25 bits per heavy atom. The molecule has 2 nitrogen and oxygen atoms in total. The molecular weight excluding hydrogens is 382 g/mol. The van der Waals surface area contributed by atoms with E-state index in [1.54, 1.807) is 0 Å². The van der Waals surface area contributed by atoms with Crippen molar-refractivity contribution in [3.63, 3.8) is 0 Å². The van der Waals surface area contributed by atoms with Crippen LogP contribution in [0.1, 0.15) is 5.56 Å². The van der Waals surface area contributed by atoms with Crippen molar-refractivity contribution in [2.45, 2.75) is 6.42 Å². The molecule has 1 rings (SSSR count). The first-order valence-electron chi connectivity index (χ1n) is 3.43. The zero-order chi connectivity index (χ0) is 9.14. The first-order chi connectivity index (χ1) is 5.66. The second kappa shape index (κ2) is 4.61. The van der Waals surface area contributed by atoms with Gasteiger partial charge in [-0.15, -0.1) is 0 Å². The van der Waals surface area contributed by atoms with Crippen molar-refractivity contribution in [3.05, 3.63) is 24.8 Å². The summed E-state index contributed by atoms with van der Waals surface area (Å²) in [5, 5.41) is 18.2. The number of benzene rings is 1. The van der Waals surface area contributed by atoms with Gasteiger partial charge >= 0.3 is 0 Å². The predicted octanol–water partition coefficient (Wildman–Crippen LogP) is 2.14. The highest BCUT2D eigenvalue weighted by atomic mass is 127. The summed E-state index contributed by atoms with van der Waals surface area (Å²) in [6.07, 6.45) is 0.600. The van der Waals surface area contributed by atoms with E-state index in [4.69, 9.17) is 5.11 Å². The van der Waals surface area contributed by atoms with E-state index >= 15 is 0 Å². The maximum absolute atomic E-state index is 9.52. The minimum absolute atomic E-state index is 0.121. The number of phenolic OH excluding ortho intramolecular Hbond substituents is 1. The van der Waals surface area contributed by atoms with Crippen LogP contribution in [0, 0.1) is 7.14 Å². The molecule has 0 heterocycles. The molecule has 2 N–H and O–H groups in total. The summed E-state index contributed by atoms with van der Waals surface area (Å²) in [4.78, 5) is 0. The van der Waals surface area contributed by atoms with Gasteiger partial charge in [0.1, 0.15) is 5.75 Å². The first-order valence-corrected chi connectivity index (χ1v) is 5.59. The Morgan fingerprint density at radius 3 is 2.50 bits per heavy atom. The minimum Gasteiger partial charge on any atom is -0.506 e. The maximum Gasteiger partial charge on any atom is 0.142 e. The van der Waals surface area contributed by atoms with Gasteiger partial charge in [-0.2, -0.15) is 0 Å². The largest absolute Gasteiger partial charge is 0.506 e. The number of aliphatic hydroxyl groups excluding tert-OH is 1. The standard InChI is InChI=1S/C8H8I2O2/c9-6-2-1-5(3-4-11)7(10)8(6)12/h1-2,11-12H,3-4H2. The summed E-state index contributed by atoms with van der Waals surface area (Å²) in [5.74, 6) is 0.321. The molecule has 0 bridgehead atoms. The molecule has 1 aromatic rings. The van der Waals surface area contributed by atoms with Crippen molar-refractivity contribution in [2.24, 2.45) is 0 Å². The lowest BCUT2D eigenvalue weighted by Crippen LogP contribution is -1.94. The summed E-state index contributed by atoms with van der Waals surface area (Å²) in [5.41, 5.74) is 0.996. The topological polar surface area (TPSA) is 40.5 Å². The average Bonchev–Trinajstić information content (AvgIpc) is 2.07. The van der Waals surface area contributed by atoms with Crippen molar-refractivity contribution in [1.29, 1.82) is 0 Å². The smallest absolute Gasteiger partial charge is 0.142 e. The molecule has 1 aromatic carbocycles. The summed E-state index contributed by atoms with van der Waals surface area (Å²) in [7, 11) is 0. The summed E-state index contributed by atoms with van der Waals surface area (Å²) in [6.45, 7) is 0.121. The first kappa shape index (κ1) is 10.5. The normalized spacial score (nSPS) is 10.2. The van der Waals surface area contributed by atoms with Crippen LogP contribution in [0.5, 0.6) is 5.75 Å². The number of hydrogen-bond acceptors (Lipinski definition) is 2. The lowest BCUT2D eigenvalue weighted by atomic mass is 10.1. The van der Waals surface area contributed by atoms with E-state index in [1.165, 1.54) is 0 Å². The molecule has 0 fully saturated rings. The molecule has 0 aromatic heterocycles. The number of hydrogen-bond donors (Lipinski definition) is 2. The van der Waals surface area contributed by atoms with Crippen molar-refractivity contribution in [1.82, 2.24) is 0 Å². The van der Waals surface area contributed by atoms with E-state index < -0.39 is 0 Å². The summed E-state index contributed by atoms with van der Waals surface area (Å²) < 4.78 is 1.69. The van der Waals surface area contributed by atoms with Gasteiger partial charge in [0, 0.05) is 6.61 Å². The molecule has 0 aliphatic heterocycles. The highest BCUT2D eigenvalue weighted by Gasteiger charge is 2.07. The molecule has 0 spiro atoms. The van der Waals surface area contributed by atoms with Gasteiger partial charge in [0.25, 0.3) is 0 Å². The van der Waals surface area contributed by atoms with Crippen LogP contribution >= 0.6 is 45.2 Å². The molecule has 0 aliphatic carbocycles. The van der Waals surface area contributed by atoms with Crippen LogP contribution in [0.3, 0.4) is 0 Å². The van der Waals surface area contributed by atoms with E-state index in [-0.39, 0.29) is 6.61 Å². The van der Waals surface area contributed by atoms with E-state index in [2.05, 4.69) is 45.2 Å². The molecule has 0 atom stereocenters. The second-order valence-corrected chi connectivity index (χ2v) is 4.58. The lowest BCUT2D eigenvalue weighted by molar-refractivity contribution is 0.299. The monoisotopic (exact) mass is 390 g/mol. The van der Waals surface area contributed by atoms with E-state index in [0.717, 1.165) is 12.7 Å². The molecule has 0 unspecified atom stereocenters. The highest BCUT2D eigenvalue weighted by molar-refractivity contribution is 14.1. The fourth-order valence-electron chi connectivity index (χ4n) is 0.896. The van der Waals surface area contributed by atoms with Gasteiger partial charge in [-0.1, -0.05) is 6.07 Å². The number of aromatic hydroxyl groups is 1. The SMILES string of the molecule is OCCc1ccc(I)c(O)c1I. The van der Waals surface area contributed by atoms with Crippen LogP contribution in [0.2, 0.25) is 0 Å². The van der Waals surface area contributed by atoms with E-state index in [0.29, 0.717) is 12.2 Å². The number of aliphatic hydroxyl groups is 1. The third-order valence-corrected chi connectivity index (χ3v) is 3.60. The molecule has 0 aliphatic rings. The van der Waals surface area contributed by atoms with Gasteiger partial charge in [-0.25, -0.2) is 0 Å². The third kappa shape index (κ3) is 2.23. The van der Waals surface area contributed by atoms with Gasteiger partial charge in [-0.3, -0.25) is 0 Å². The Morgan fingerprint density at radius 2 is 1.92 bits per heavy atom. The van der Waals surface area contributed by atoms with Gasteiger partial charge in [0.2, 0.25) is 0 Å². The molecule has 0 saturated carbocycles. The van der Waals surface area contributed by atoms with Gasteiger partial charge in [0.05, 0.1) is 7.14 Å². The number of halogens is 2. The van der Waals surface area contributed by atoms with Gasteiger partial charge in [-0.05, 0) is 63.2 Å². The number of rotatable bonds is 2. The van der Waals surface area contributed by atoms with Crippen LogP contribution in [0.25, 0.3) is 0 Å². The van der Waals surface area contributed by atoms with E-state index in [1.807, 2.05) is 12.1 Å². The minimum atomic E-state index is 0.121. The van der Waals surface area contributed by atoms with E-state index in [9.17, 15) is 5.11 Å². The van der Waals surface area contributed by atoms with Crippen molar-refractivity contribution >= 4 is 45.2 Å². The predicted molar refractivity (Wildman–Crippen MR) is 64.3 cm³/mol. The Labute approximate surface area is 98.3 Å². The molecule has 0 saturated heterocycles. The van der Waals surface area contributed by atoms with Crippen LogP contribution in [0.15, 0.2) is 12.1 Å². The van der Waals surface area contributed by atoms with Crippen molar-refractivity contribution in [3.8, 4) is 5.75 Å². The fraction of sp³-hybridized carbons (Fsp3) is 0.250. The Hall–Kier alpha value is 0.440. The molecule has 0 radical (unpaired) electrons. The van der Waals surface area contributed by atoms with Crippen LogP contribution < -0.4 is 0 Å². The van der Waals surface area contributed by atoms with Crippen LogP contribution in [-0.4, -0.2) is 16.8 Å². The van der Waals surface area contributed by atoms with Gasteiger partial charge < -0.3 is 10.2 Å². The lowest BCUT2D eigenvalue weighted by Gasteiger charge is -2.05. The molecule has 66 valence electrons. The molecule has 12 heavy (non-hydrogen) atoms. The Balaban J connectivity index is 3.08. The zero-order valence-electron chi connectivity index (χ0n) is 6.22. The van der Waals surface area contributed by atoms with Crippen LogP contribution in [0.4, 0.5) is 0 Å². The Bertz CT molecular complexity index is 287. The second-order valence-electron chi connectivity index (χ2n) is 2.34. The average molecular weight is 390 g/mol. The summed E-state index contributed by atoms with van der Waals surface area (Å²) in [6, 6.07) is 3.78. The summed E-state index contributed by atoms with van der Waals surface area (Å²) >= 11 is 4.17.